The molecule has 0 saturated carbocycles. The lowest BCUT2D eigenvalue weighted by molar-refractivity contribution is -0.134. The van der Waals surface area contributed by atoms with Crippen LogP contribution < -0.4 is 15.0 Å². The molecule has 26 heavy (non-hydrogen) atoms. The number of β-lactam (4-membered cyclic amide) rings is 1. The highest BCUT2D eigenvalue weighted by molar-refractivity contribution is 6.30. The smallest absolute Gasteiger partial charge is 0.270 e. The molecule has 1 saturated heterocycles. The lowest BCUT2D eigenvalue weighted by Gasteiger charge is -2.47. The van der Waals surface area contributed by atoms with Crippen molar-refractivity contribution in [2.24, 2.45) is 0 Å². The van der Waals surface area contributed by atoms with Gasteiger partial charge in [0.25, 0.3) is 5.91 Å². The summed E-state index contributed by atoms with van der Waals surface area (Å²) in [6.45, 7) is 9.01. The van der Waals surface area contributed by atoms with Gasteiger partial charge in [0.1, 0.15) is 5.75 Å². The molecule has 2 aromatic rings. The molecule has 0 unspecified atom stereocenters. The Hall–Kier alpha value is -2.04. The zero-order chi connectivity index (χ0) is 18.9. The van der Waals surface area contributed by atoms with E-state index in [1.807, 2.05) is 36.1 Å². The molecule has 138 valence electrons. The number of nitrogens with zero attached hydrogens (tertiary/aromatic N) is 1. The Morgan fingerprint density at radius 2 is 1.77 bits per heavy atom. The molecule has 0 spiro atoms. The number of hydrogen-bond donors (Lipinski definition) is 1. The Labute approximate surface area is 160 Å². The van der Waals surface area contributed by atoms with Crippen LogP contribution in [0.1, 0.15) is 26.3 Å². The van der Waals surface area contributed by atoms with Gasteiger partial charge in [0.2, 0.25) is 0 Å². The second-order valence-corrected chi connectivity index (χ2v) is 8.12. The molecular weight excluding hydrogens is 348 g/mol. The second kappa shape index (κ2) is 7.29. The van der Waals surface area contributed by atoms with Crippen LogP contribution in [-0.4, -0.2) is 30.1 Å². The van der Waals surface area contributed by atoms with E-state index in [2.05, 4.69) is 26.1 Å². The number of carbonyl (C=O) groups is 1. The van der Waals surface area contributed by atoms with Crippen LogP contribution in [0.3, 0.4) is 0 Å². The van der Waals surface area contributed by atoms with E-state index in [1.54, 1.807) is 24.3 Å². The summed E-state index contributed by atoms with van der Waals surface area (Å²) < 4.78 is 6.00. The normalized spacial score (nSPS) is 20.0. The van der Waals surface area contributed by atoms with Gasteiger partial charge in [0, 0.05) is 22.8 Å². The van der Waals surface area contributed by atoms with Gasteiger partial charge in [0.15, 0.2) is 6.10 Å². The number of aryl methyl sites for hydroxylation is 1. The van der Waals surface area contributed by atoms with Crippen molar-refractivity contribution in [2.45, 2.75) is 45.4 Å². The van der Waals surface area contributed by atoms with E-state index in [0.717, 1.165) is 11.3 Å². The molecule has 2 atom stereocenters. The molecule has 2 aromatic carbocycles. The maximum Gasteiger partial charge on any atom is 0.270 e. The van der Waals surface area contributed by atoms with Crippen LogP contribution in [0, 0.1) is 6.92 Å². The molecule has 1 aliphatic rings. The number of benzene rings is 2. The SMILES string of the molecule is Cc1ccccc1N1C(=O)[C@H](Oc2ccc(Cl)cc2)[C@H]1CNC(C)(C)C. The van der Waals surface area contributed by atoms with E-state index in [4.69, 9.17) is 16.3 Å². The molecule has 5 heteroatoms. The lowest BCUT2D eigenvalue weighted by Crippen LogP contribution is -2.71. The van der Waals surface area contributed by atoms with Gasteiger partial charge >= 0.3 is 0 Å². The van der Waals surface area contributed by atoms with Gasteiger partial charge in [-0.05, 0) is 63.6 Å². The van der Waals surface area contributed by atoms with Gasteiger partial charge in [-0.15, -0.1) is 0 Å². The summed E-state index contributed by atoms with van der Waals surface area (Å²) in [5.41, 5.74) is 1.97. The van der Waals surface area contributed by atoms with Crippen molar-refractivity contribution in [2.75, 3.05) is 11.4 Å². The molecule has 1 N–H and O–H groups in total. The minimum atomic E-state index is -0.509. The maximum absolute atomic E-state index is 12.9. The Balaban J connectivity index is 1.82. The van der Waals surface area contributed by atoms with Gasteiger partial charge in [-0.3, -0.25) is 4.79 Å². The fourth-order valence-corrected chi connectivity index (χ4v) is 3.17. The quantitative estimate of drug-likeness (QED) is 0.800. The molecule has 0 radical (unpaired) electrons. The highest BCUT2D eigenvalue weighted by Crippen LogP contribution is 2.33. The summed E-state index contributed by atoms with van der Waals surface area (Å²) in [7, 11) is 0. The summed E-state index contributed by atoms with van der Waals surface area (Å²) in [6, 6.07) is 15.0. The number of hydrogen-bond acceptors (Lipinski definition) is 3. The topological polar surface area (TPSA) is 41.6 Å². The van der Waals surface area contributed by atoms with Crippen LogP contribution in [-0.2, 0) is 4.79 Å². The van der Waals surface area contributed by atoms with Crippen molar-refractivity contribution in [1.82, 2.24) is 5.32 Å². The van der Waals surface area contributed by atoms with Crippen LogP contribution in [0.2, 0.25) is 5.02 Å². The second-order valence-electron chi connectivity index (χ2n) is 7.69. The first-order chi connectivity index (χ1) is 12.3. The van der Waals surface area contributed by atoms with Gasteiger partial charge < -0.3 is 15.0 Å². The van der Waals surface area contributed by atoms with Gasteiger partial charge in [-0.25, -0.2) is 0 Å². The highest BCUT2D eigenvalue weighted by atomic mass is 35.5. The molecular formula is C21H25ClN2O2. The number of amides is 1. The van der Waals surface area contributed by atoms with E-state index in [9.17, 15) is 4.79 Å². The zero-order valence-corrected chi connectivity index (χ0v) is 16.4. The van der Waals surface area contributed by atoms with Crippen molar-refractivity contribution in [1.29, 1.82) is 0 Å². The summed E-state index contributed by atoms with van der Waals surface area (Å²) in [4.78, 5) is 14.7. The van der Waals surface area contributed by atoms with E-state index < -0.39 is 6.10 Å². The zero-order valence-electron chi connectivity index (χ0n) is 15.6. The van der Waals surface area contributed by atoms with Crippen LogP contribution >= 0.6 is 11.6 Å². The van der Waals surface area contributed by atoms with Crippen molar-refractivity contribution in [3.05, 3.63) is 59.1 Å². The average Bonchev–Trinajstić information content (AvgIpc) is 2.58. The fourth-order valence-electron chi connectivity index (χ4n) is 3.05. The lowest BCUT2D eigenvalue weighted by atomic mass is 9.94. The average molecular weight is 373 g/mol. The molecule has 4 nitrogen and oxygen atoms in total. The Morgan fingerprint density at radius 3 is 2.38 bits per heavy atom. The van der Waals surface area contributed by atoms with Gasteiger partial charge in [-0.1, -0.05) is 29.8 Å². The molecule has 0 aliphatic carbocycles. The van der Waals surface area contributed by atoms with E-state index >= 15 is 0 Å². The first-order valence-corrected chi connectivity index (χ1v) is 9.20. The van der Waals surface area contributed by atoms with Crippen LogP contribution in [0.25, 0.3) is 0 Å². The van der Waals surface area contributed by atoms with Crippen molar-refractivity contribution in [3.8, 4) is 5.75 Å². The summed E-state index contributed by atoms with van der Waals surface area (Å²) >= 11 is 5.93. The summed E-state index contributed by atoms with van der Waals surface area (Å²) in [5, 5.41) is 4.14. The molecule has 1 fully saturated rings. The van der Waals surface area contributed by atoms with Crippen LogP contribution in [0.4, 0.5) is 5.69 Å². The monoisotopic (exact) mass is 372 g/mol. The largest absolute Gasteiger partial charge is 0.478 e. The summed E-state index contributed by atoms with van der Waals surface area (Å²) in [5.74, 6) is 0.632. The molecule has 1 heterocycles. The molecule has 1 aliphatic heterocycles. The number of rotatable bonds is 5. The third kappa shape index (κ3) is 4.02. The number of ether oxygens (including phenoxy) is 1. The molecule has 3 rings (SSSR count). The first kappa shape index (κ1) is 18.7. The number of para-hydroxylation sites is 1. The molecule has 1 amide bonds. The van der Waals surface area contributed by atoms with Crippen LogP contribution in [0.15, 0.2) is 48.5 Å². The van der Waals surface area contributed by atoms with E-state index in [0.29, 0.717) is 17.3 Å². The molecule has 0 aromatic heterocycles. The van der Waals surface area contributed by atoms with E-state index in [-0.39, 0.29) is 17.5 Å². The Morgan fingerprint density at radius 1 is 1.12 bits per heavy atom. The minimum absolute atomic E-state index is 0.0186. The highest BCUT2D eigenvalue weighted by Gasteiger charge is 2.50. The van der Waals surface area contributed by atoms with Gasteiger partial charge in [0.05, 0.1) is 6.04 Å². The number of nitrogens with one attached hydrogen (secondary N) is 1. The number of anilines is 1. The maximum atomic E-state index is 12.9. The van der Waals surface area contributed by atoms with Crippen molar-refractivity contribution < 1.29 is 9.53 Å². The molecule has 0 bridgehead atoms. The minimum Gasteiger partial charge on any atom is -0.478 e. The Bertz CT molecular complexity index is 783. The first-order valence-electron chi connectivity index (χ1n) is 8.82. The third-order valence-electron chi connectivity index (χ3n) is 4.46. The van der Waals surface area contributed by atoms with E-state index in [1.165, 1.54) is 0 Å². The standard InChI is InChI=1S/C21H25ClN2O2/c1-14-7-5-6-8-17(14)24-18(13-23-21(2,3)4)19(20(24)25)26-16-11-9-15(22)10-12-16/h5-12,18-19,23H,13H2,1-4H3/t18-,19-/m1/s1. The fraction of sp³-hybridized carbons (Fsp3) is 0.381. The number of carbonyl (C=O) groups excluding carboxylic acids is 1. The van der Waals surface area contributed by atoms with Crippen molar-refractivity contribution >= 4 is 23.2 Å². The van der Waals surface area contributed by atoms with Gasteiger partial charge in [-0.2, -0.15) is 0 Å². The van der Waals surface area contributed by atoms with Crippen LogP contribution in [0.5, 0.6) is 5.75 Å². The predicted molar refractivity (Wildman–Crippen MR) is 106 cm³/mol. The van der Waals surface area contributed by atoms with Crippen molar-refractivity contribution in [3.63, 3.8) is 0 Å². The predicted octanol–water partition coefficient (Wildman–Crippen LogP) is 4.20. The Kier molecular flexibility index (Phi) is 5.26. The summed E-state index contributed by atoms with van der Waals surface area (Å²) in [6.07, 6.45) is -0.509. The number of halogens is 1. The third-order valence-corrected chi connectivity index (χ3v) is 4.71.